The molecule has 0 spiro atoms. The van der Waals surface area contributed by atoms with Gasteiger partial charge in [-0.25, -0.2) is 4.79 Å². The van der Waals surface area contributed by atoms with Crippen LogP contribution in [0, 0.1) is 0 Å². The highest BCUT2D eigenvalue weighted by atomic mass is 16.5. The van der Waals surface area contributed by atoms with Crippen molar-refractivity contribution in [2.75, 3.05) is 13.7 Å². The third-order valence-corrected chi connectivity index (χ3v) is 3.85. The molecule has 3 N–H and O–H groups in total. The number of pyridine rings is 1. The van der Waals surface area contributed by atoms with Crippen molar-refractivity contribution in [3.8, 4) is 0 Å². The lowest BCUT2D eigenvalue weighted by molar-refractivity contribution is -0.148. The highest BCUT2D eigenvalue weighted by Gasteiger charge is 2.24. The number of nitrogens with one attached hydrogen (secondary N) is 2. The molecule has 1 heterocycles. The van der Waals surface area contributed by atoms with E-state index in [1.165, 1.54) is 13.3 Å². The van der Waals surface area contributed by atoms with Crippen LogP contribution in [0.15, 0.2) is 54.9 Å². The number of amides is 2. The van der Waals surface area contributed by atoms with E-state index in [-0.39, 0.29) is 13.0 Å². The Bertz CT molecular complexity index is 767. The standard InChI is InChI=1S/C19H21N3O5/c1-27-16(19(25)26)12-21-18(24)15(10-13-6-3-2-4-7-13)22-17(23)14-8-5-9-20-11-14/h2-9,11,15-16H,10,12H2,1H3,(H,21,24)(H,22,23)(H,25,26). The molecule has 0 aliphatic heterocycles. The third-order valence-electron chi connectivity index (χ3n) is 3.85. The van der Waals surface area contributed by atoms with Crippen LogP contribution in [-0.4, -0.2) is 53.7 Å². The number of carbonyl (C=O) groups is 3. The van der Waals surface area contributed by atoms with Crippen molar-refractivity contribution < 1.29 is 24.2 Å². The van der Waals surface area contributed by atoms with Gasteiger partial charge in [0.05, 0.1) is 12.1 Å². The number of methoxy groups -OCH3 is 1. The van der Waals surface area contributed by atoms with E-state index in [0.717, 1.165) is 5.56 Å². The fraction of sp³-hybridized carbons (Fsp3) is 0.263. The second-order valence-electron chi connectivity index (χ2n) is 5.77. The van der Waals surface area contributed by atoms with E-state index in [1.807, 2.05) is 30.3 Å². The predicted molar refractivity (Wildman–Crippen MR) is 97.1 cm³/mol. The van der Waals surface area contributed by atoms with Gasteiger partial charge >= 0.3 is 5.97 Å². The zero-order valence-corrected chi connectivity index (χ0v) is 14.8. The van der Waals surface area contributed by atoms with Crippen LogP contribution in [0.5, 0.6) is 0 Å². The van der Waals surface area contributed by atoms with Crippen LogP contribution in [0.3, 0.4) is 0 Å². The normalized spacial score (nSPS) is 12.6. The van der Waals surface area contributed by atoms with Crippen molar-refractivity contribution in [1.82, 2.24) is 15.6 Å². The number of carboxylic acids is 1. The summed E-state index contributed by atoms with van der Waals surface area (Å²) in [7, 11) is 1.25. The number of hydrogen-bond donors (Lipinski definition) is 3. The number of benzene rings is 1. The monoisotopic (exact) mass is 371 g/mol. The highest BCUT2D eigenvalue weighted by Crippen LogP contribution is 2.05. The van der Waals surface area contributed by atoms with Crippen molar-refractivity contribution in [2.24, 2.45) is 0 Å². The third kappa shape index (κ3) is 6.19. The molecule has 2 unspecified atom stereocenters. The van der Waals surface area contributed by atoms with Crippen molar-refractivity contribution in [3.63, 3.8) is 0 Å². The first-order chi connectivity index (χ1) is 13.0. The minimum atomic E-state index is -1.18. The van der Waals surface area contributed by atoms with E-state index in [1.54, 1.807) is 18.3 Å². The van der Waals surface area contributed by atoms with E-state index < -0.39 is 29.9 Å². The quantitative estimate of drug-likeness (QED) is 0.595. The molecule has 0 aliphatic carbocycles. The number of aromatic nitrogens is 1. The molecular weight excluding hydrogens is 350 g/mol. The second kappa shape index (κ2) is 10.0. The van der Waals surface area contributed by atoms with Gasteiger partial charge in [-0.15, -0.1) is 0 Å². The Hall–Kier alpha value is -3.26. The van der Waals surface area contributed by atoms with Gasteiger partial charge in [-0.1, -0.05) is 30.3 Å². The molecule has 8 nitrogen and oxygen atoms in total. The molecule has 2 atom stereocenters. The maximum atomic E-state index is 12.6. The molecule has 2 aromatic rings. The van der Waals surface area contributed by atoms with Gasteiger partial charge in [-0.3, -0.25) is 14.6 Å². The maximum absolute atomic E-state index is 12.6. The Balaban J connectivity index is 2.10. The molecular formula is C19H21N3O5. The van der Waals surface area contributed by atoms with Crippen LogP contribution in [0.25, 0.3) is 0 Å². The van der Waals surface area contributed by atoms with Gasteiger partial charge in [0.15, 0.2) is 6.10 Å². The first kappa shape index (κ1) is 20.1. The first-order valence-corrected chi connectivity index (χ1v) is 8.29. The molecule has 1 aromatic heterocycles. The zero-order valence-electron chi connectivity index (χ0n) is 14.8. The number of aliphatic carboxylic acids is 1. The summed E-state index contributed by atoms with van der Waals surface area (Å²) in [5, 5.41) is 14.2. The summed E-state index contributed by atoms with van der Waals surface area (Å²) in [6.45, 7) is -0.210. The number of carboxylic acid groups (broad SMARTS) is 1. The average molecular weight is 371 g/mol. The summed E-state index contributed by atoms with van der Waals surface area (Å²) in [5.74, 6) is -2.13. The highest BCUT2D eigenvalue weighted by molar-refractivity contribution is 5.97. The summed E-state index contributed by atoms with van der Waals surface area (Å²) < 4.78 is 4.80. The second-order valence-corrected chi connectivity index (χ2v) is 5.77. The summed E-state index contributed by atoms with van der Waals surface area (Å²) >= 11 is 0. The van der Waals surface area contributed by atoms with Gasteiger partial charge in [0.1, 0.15) is 6.04 Å². The molecule has 1 aromatic carbocycles. The number of nitrogens with zero attached hydrogens (tertiary/aromatic N) is 1. The summed E-state index contributed by atoms with van der Waals surface area (Å²) in [5.41, 5.74) is 1.18. The fourth-order valence-corrected chi connectivity index (χ4v) is 2.39. The lowest BCUT2D eigenvalue weighted by Gasteiger charge is -2.20. The van der Waals surface area contributed by atoms with Crippen molar-refractivity contribution in [1.29, 1.82) is 0 Å². The first-order valence-electron chi connectivity index (χ1n) is 8.29. The van der Waals surface area contributed by atoms with Gasteiger partial charge in [-0.2, -0.15) is 0 Å². The molecule has 0 aliphatic rings. The molecule has 27 heavy (non-hydrogen) atoms. The Morgan fingerprint density at radius 2 is 1.89 bits per heavy atom. The molecule has 2 amide bonds. The van der Waals surface area contributed by atoms with E-state index in [0.29, 0.717) is 5.56 Å². The predicted octanol–water partition coefficient (Wildman–Crippen LogP) is 0.638. The van der Waals surface area contributed by atoms with Gasteiger partial charge in [0.25, 0.3) is 5.91 Å². The number of carbonyl (C=O) groups excluding carboxylic acids is 2. The lowest BCUT2D eigenvalue weighted by atomic mass is 10.0. The maximum Gasteiger partial charge on any atom is 0.334 e. The minimum absolute atomic E-state index is 0.210. The number of ether oxygens (including phenoxy) is 1. The molecule has 0 radical (unpaired) electrons. The zero-order chi connectivity index (χ0) is 19.6. The van der Waals surface area contributed by atoms with Crippen molar-refractivity contribution >= 4 is 17.8 Å². The Morgan fingerprint density at radius 1 is 1.15 bits per heavy atom. The topological polar surface area (TPSA) is 118 Å². The Labute approximate surface area is 156 Å². The Kier molecular flexibility index (Phi) is 7.45. The van der Waals surface area contributed by atoms with Crippen molar-refractivity contribution in [2.45, 2.75) is 18.6 Å². The average Bonchev–Trinajstić information content (AvgIpc) is 2.69. The van der Waals surface area contributed by atoms with E-state index in [9.17, 15) is 14.4 Å². The van der Waals surface area contributed by atoms with Gasteiger partial charge in [-0.05, 0) is 17.7 Å². The van der Waals surface area contributed by atoms with Crippen LogP contribution in [0.4, 0.5) is 0 Å². The van der Waals surface area contributed by atoms with Gasteiger partial charge in [0.2, 0.25) is 5.91 Å². The largest absolute Gasteiger partial charge is 0.479 e. The minimum Gasteiger partial charge on any atom is -0.479 e. The molecule has 8 heteroatoms. The van der Waals surface area contributed by atoms with E-state index >= 15 is 0 Å². The van der Waals surface area contributed by atoms with Crippen LogP contribution in [-0.2, 0) is 20.7 Å². The van der Waals surface area contributed by atoms with E-state index in [4.69, 9.17) is 9.84 Å². The smallest absolute Gasteiger partial charge is 0.334 e. The summed E-state index contributed by atoms with van der Waals surface area (Å²) in [4.78, 5) is 39.9. The Morgan fingerprint density at radius 3 is 2.48 bits per heavy atom. The SMILES string of the molecule is COC(CNC(=O)C(Cc1ccccc1)NC(=O)c1cccnc1)C(=O)O. The van der Waals surface area contributed by atoms with Crippen molar-refractivity contribution in [3.05, 3.63) is 66.0 Å². The molecule has 0 fully saturated rings. The molecule has 0 saturated carbocycles. The number of rotatable bonds is 9. The lowest BCUT2D eigenvalue weighted by Crippen LogP contribution is -2.50. The molecule has 0 saturated heterocycles. The van der Waals surface area contributed by atoms with Crippen LogP contribution in [0.1, 0.15) is 15.9 Å². The van der Waals surface area contributed by atoms with Crippen LogP contribution in [0.2, 0.25) is 0 Å². The fourth-order valence-electron chi connectivity index (χ4n) is 2.39. The van der Waals surface area contributed by atoms with Crippen LogP contribution >= 0.6 is 0 Å². The van der Waals surface area contributed by atoms with E-state index in [2.05, 4.69) is 15.6 Å². The number of hydrogen-bond acceptors (Lipinski definition) is 5. The molecule has 142 valence electrons. The summed E-state index contributed by atoms with van der Waals surface area (Å²) in [6, 6.07) is 11.5. The van der Waals surface area contributed by atoms with Gasteiger partial charge < -0.3 is 20.5 Å². The molecule has 2 rings (SSSR count). The van der Waals surface area contributed by atoms with Gasteiger partial charge in [0, 0.05) is 25.9 Å². The van der Waals surface area contributed by atoms with Crippen LogP contribution < -0.4 is 10.6 Å². The molecule has 0 bridgehead atoms. The summed E-state index contributed by atoms with van der Waals surface area (Å²) in [6.07, 6.45) is 2.03.